The van der Waals surface area contributed by atoms with Crippen LogP contribution in [0, 0.1) is 5.92 Å². The second kappa shape index (κ2) is 9.02. The van der Waals surface area contributed by atoms with E-state index in [1.54, 1.807) is 12.2 Å². The van der Waals surface area contributed by atoms with Crippen LogP contribution in [0.2, 0.25) is 0 Å². The average molecular weight is 351 g/mol. The summed E-state index contributed by atoms with van der Waals surface area (Å²) < 4.78 is 19.8. The van der Waals surface area contributed by atoms with E-state index >= 15 is 0 Å². The molecule has 2 unspecified atom stereocenters. The predicted octanol–water partition coefficient (Wildman–Crippen LogP) is 4.35. The number of hydrogen-bond acceptors (Lipinski definition) is 3. The van der Waals surface area contributed by atoms with Gasteiger partial charge in [0.15, 0.2) is 0 Å². The molecule has 0 saturated carbocycles. The monoisotopic (exact) mass is 350 g/mol. The number of ether oxygens (including phenoxy) is 1. The highest BCUT2D eigenvalue weighted by molar-refractivity contribution is 6.30. The third-order valence-electron chi connectivity index (χ3n) is 4.04. The molecule has 1 heterocycles. The van der Waals surface area contributed by atoms with E-state index in [9.17, 15) is 4.39 Å². The van der Waals surface area contributed by atoms with E-state index < -0.39 is 0 Å². The van der Waals surface area contributed by atoms with Gasteiger partial charge in [-0.25, -0.2) is 4.39 Å². The highest BCUT2D eigenvalue weighted by Crippen LogP contribution is 2.30. The van der Waals surface area contributed by atoms with E-state index in [4.69, 9.17) is 22.1 Å². The zero-order valence-electron chi connectivity index (χ0n) is 13.9. The standard InChI is InChI=1S/C19H24ClFN2O/c1-3-24-16-8-5-7-15(12-16)13-23-11-10-17(19(23)22)18(21)9-4-6-14(2)20/h4-9,12,17,19H,2-3,10-11,13,22H2,1H3/b6-4-,18-9-. The molecule has 1 aliphatic heterocycles. The zero-order valence-corrected chi connectivity index (χ0v) is 14.7. The van der Waals surface area contributed by atoms with Crippen LogP contribution in [0.5, 0.6) is 5.75 Å². The van der Waals surface area contributed by atoms with Crippen molar-refractivity contribution in [2.45, 2.75) is 26.1 Å². The average Bonchev–Trinajstić information content (AvgIpc) is 2.89. The van der Waals surface area contributed by atoms with Gasteiger partial charge in [-0.2, -0.15) is 0 Å². The van der Waals surface area contributed by atoms with Crippen molar-refractivity contribution in [2.24, 2.45) is 11.7 Å². The maximum atomic E-state index is 14.3. The number of rotatable bonds is 7. The van der Waals surface area contributed by atoms with E-state index in [1.165, 1.54) is 6.08 Å². The lowest BCUT2D eigenvalue weighted by atomic mass is 10.0. The molecule has 1 aromatic carbocycles. The van der Waals surface area contributed by atoms with Crippen molar-refractivity contribution in [1.82, 2.24) is 4.90 Å². The molecule has 1 saturated heterocycles. The predicted molar refractivity (Wildman–Crippen MR) is 97.4 cm³/mol. The molecule has 24 heavy (non-hydrogen) atoms. The number of nitrogens with zero attached hydrogens (tertiary/aromatic N) is 1. The van der Waals surface area contributed by atoms with Gasteiger partial charge >= 0.3 is 0 Å². The van der Waals surface area contributed by atoms with Crippen molar-refractivity contribution < 1.29 is 9.13 Å². The van der Waals surface area contributed by atoms with Crippen LogP contribution in [-0.2, 0) is 6.54 Å². The first-order valence-corrected chi connectivity index (χ1v) is 8.48. The molecule has 1 aliphatic rings. The van der Waals surface area contributed by atoms with Gasteiger partial charge in [0, 0.05) is 24.0 Å². The van der Waals surface area contributed by atoms with Gasteiger partial charge in [-0.05, 0) is 43.2 Å². The first-order valence-electron chi connectivity index (χ1n) is 8.10. The normalized spacial score (nSPS) is 22.2. The quantitative estimate of drug-likeness (QED) is 0.743. The topological polar surface area (TPSA) is 38.5 Å². The van der Waals surface area contributed by atoms with E-state index in [0.29, 0.717) is 24.6 Å². The molecule has 1 aromatic rings. The van der Waals surface area contributed by atoms with E-state index in [1.807, 2.05) is 31.2 Å². The molecule has 0 bridgehead atoms. The third kappa shape index (κ3) is 5.20. The smallest absolute Gasteiger partial charge is 0.119 e. The number of hydrogen-bond donors (Lipinski definition) is 1. The van der Waals surface area contributed by atoms with Crippen LogP contribution in [-0.4, -0.2) is 24.2 Å². The maximum absolute atomic E-state index is 14.3. The van der Waals surface area contributed by atoms with E-state index in [0.717, 1.165) is 17.9 Å². The largest absolute Gasteiger partial charge is 0.494 e. The number of allylic oxidation sites excluding steroid dienone is 4. The summed E-state index contributed by atoms with van der Waals surface area (Å²) in [5.74, 6) is 0.326. The molecule has 130 valence electrons. The summed E-state index contributed by atoms with van der Waals surface area (Å²) in [6, 6.07) is 7.93. The minimum absolute atomic E-state index is 0.220. The molecular weight excluding hydrogens is 327 g/mol. The van der Waals surface area contributed by atoms with Crippen molar-refractivity contribution in [3.05, 3.63) is 65.5 Å². The fourth-order valence-corrected chi connectivity index (χ4v) is 2.94. The molecule has 3 nitrogen and oxygen atoms in total. The first-order chi connectivity index (χ1) is 11.5. The van der Waals surface area contributed by atoms with Crippen LogP contribution in [0.4, 0.5) is 4.39 Å². The van der Waals surface area contributed by atoms with Gasteiger partial charge in [-0.1, -0.05) is 36.4 Å². The van der Waals surface area contributed by atoms with Crippen LogP contribution in [0.15, 0.2) is 59.9 Å². The Balaban J connectivity index is 1.99. The number of likely N-dealkylation sites (tertiary alicyclic amines) is 1. The molecule has 0 aromatic heterocycles. The lowest BCUT2D eigenvalue weighted by Crippen LogP contribution is -2.40. The molecular formula is C19H24ClFN2O. The summed E-state index contributed by atoms with van der Waals surface area (Å²) >= 11 is 5.62. The Morgan fingerprint density at radius 3 is 3.04 bits per heavy atom. The van der Waals surface area contributed by atoms with Crippen molar-refractivity contribution in [3.63, 3.8) is 0 Å². The van der Waals surface area contributed by atoms with Crippen molar-refractivity contribution in [1.29, 1.82) is 0 Å². The van der Waals surface area contributed by atoms with Crippen LogP contribution >= 0.6 is 11.6 Å². The van der Waals surface area contributed by atoms with E-state index in [2.05, 4.69) is 11.5 Å². The van der Waals surface area contributed by atoms with E-state index in [-0.39, 0.29) is 17.9 Å². The Hall–Kier alpha value is -1.62. The SMILES string of the molecule is C=C(Cl)/C=C\C=C(/F)C1CCN(Cc2cccc(OCC)c2)C1N. The summed E-state index contributed by atoms with van der Waals surface area (Å²) in [5, 5.41) is 0.366. The van der Waals surface area contributed by atoms with Gasteiger partial charge in [-0.15, -0.1) is 0 Å². The summed E-state index contributed by atoms with van der Waals surface area (Å²) in [6.07, 6.45) is 4.89. The Kier molecular flexibility index (Phi) is 7.03. The number of halogens is 2. The van der Waals surface area contributed by atoms with Gasteiger partial charge in [0.05, 0.1) is 12.8 Å². The fraction of sp³-hybridized carbons (Fsp3) is 0.368. The Labute approximate surface area is 148 Å². The zero-order chi connectivity index (χ0) is 17.5. The van der Waals surface area contributed by atoms with Crippen molar-refractivity contribution in [3.8, 4) is 5.75 Å². The molecule has 0 radical (unpaired) electrons. The van der Waals surface area contributed by atoms with Crippen LogP contribution in [0.1, 0.15) is 18.9 Å². The Morgan fingerprint density at radius 2 is 2.33 bits per heavy atom. The second-order valence-corrected chi connectivity index (χ2v) is 6.28. The highest BCUT2D eigenvalue weighted by atomic mass is 35.5. The van der Waals surface area contributed by atoms with Gasteiger partial charge in [0.1, 0.15) is 11.6 Å². The Morgan fingerprint density at radius 1 is 1.54 bits per heavy atom. The molecule has 2 rings (SSSR count). The van der Waals surface area contributed by atoms with Gasteiger partial charge in [0.2, 0.25) is 0 Å². The Bertz CT molecular complexity index is 630. The summed E-state index contributed by atoms with van der Waals surface area (Å²) in [5.41, 5.74) is 7.36. The second-order valence-electron chi connectivity index (χ2n) is 5.79. The number of benzene rings is 1. The van der Waals surface area contributed by atoms with Gasteiger partial charge in [0.25, 0.3) is 0 Å². The fourth-order valence-electron chi connectivity index (χ4n) is 2.87. The highest BCUT2D eigenvalue weighted by Gasteiger charge is 2.33. The molecule has 0 amide bonds. The summed E-state index contributed by atoms with van der Waals surface area (Å²) in [4.78, 5) is 2.09. The van der Waals surface area contributed by atoms with Gasteiger partial charge in [-0.3, -0.25) is 4.90 Å². The van der Waals surface area contributed by atoms with Crippen LogP contribution in [0.3, 0.4) is 0 Å². The number of nitrogens with two attached hydrogens (primary N) is 1. The molecule has 0 spiro atoms. The molecule has 5 heteroatoms. The first kappa shape index (κ1) is 18.7. The molecule has 2 N–H and O–H groups in total. The van der Waals surface area contributed by atoms with Crippen molar-refractivity contribution in [2.75, 3.05) is 13.2 Å². The molecule has 1 fully saturated rings. The third-order valence-corrected chi connectivity index (χ3v) is 4.17. The molecule has 2 atom stereocenters. The minimum Gasteiger partial charge on any atom is -0.494 e. The van der Waals surface area contributed by atoms with Crippen LogP contribution < -0.4 is 10.5 Å². The maximum Gasteiger partial charge on any atom is 0.119 e. The lowest BCUT2D eigenvalue weighted by Gasteiger charge is -2.24. The summed E-state index contributed by atoms with van der Waals surface area (Å²) in [6.45, 7) is 7.56. The molecule has 0 aliphatic carbocycles. The lowest BCUT2D eigenvalue weighted by molar-refractivity contribution is 0.223. The minimum atomic E-state index is -0.343. The summed E-state index contributed by atoms with van der Waals surface area (Å²) in [7, 11) is 0. The van der Waals surface area contributed by atoms with Gasteiger partial charge < -0.3 is 10.5 Å². The van der Waals surface area contributed by atoms with Crippen molar-refractivity contribution >= 4 is 11.6 Å². The van der Waals surface area contributed by atoms with Crippen LogP contribution in [0.25, 0.3) is 0 Å².